The number of nitrogens with zero attached hydrogens (tertiary/aromatic N) is 1. The first-order chi connectivity index (χ1) is 8.69. The highest BCUT2D eigenvalue weighted by Crippen LogP contribution is 2.26. The summed E-state index contributed by atoms with van der Waals surface area (Å²) in [5.41, 5.74) is 1.23. The minimum absolute atomic E-state index is 0.646. The Morgan fingerprint density at radius 1 is 1.44 bits per heavy atom. The summed E-state index contributed by atoms with van der Waals surface area (Å²) in [7, 11) is 2.16. The Kier molecular flexibility index (Phi) is 4.87. The lowest BCUT2D eigenvalue weighted by atomic mass is 10.0. The van der Waals surface area contributed by atoms with Crippen molar-refractivity contribution < 1.29 is 4.74 Å². The van der Waals surface area contributed by atoms with Crippen LogP contribution in [0.1, 0.15) is 12.5 Å². The van der Waals surface area contributed by atoms with Crippen LogP contribution in [0.5, 0.6) is 5.75 Å². The van der Waals surface area contributed by atoms with Gasteiger partial charge in [-0.1, -0.05) is 17.7 Å². The molecule has 0 spiro atoms. The zero-order valence-corrected chi connectivity index (χ0v) is 11.8. The van der Waals surface area contributed by atoms with Gasteiger partial charge in [0.25, 0.3) is 0 Å². The fourth-order valence-corrected chi connectivity index (χ4v) is 2.47. The van der Waals surface area contributed by atoms with E-state index < -0.39 is 0 Å². The van der Waals surface area contributed by atoms with Crippen LogP contribution in [-0.4, -0.2) is 38.2 Å². The second-order valence-corrected chi connectivity index (χ2v) is 5.33. The van der Waals surface area contributed by atoms with E-state index in [4.69, 9.17) is 16.3 Å². The van der Waals surface area contributed by atoms with E-state index in [1.807, 2.05) is 19.1 Å². The van der Waals surface area contributed by atoms with Crippen LogP contribution >= 0.6 is 11.6 Å². The molecule has 2 rings (SSSR count). The van der Waals surface area contributed by atoms with Crippen molar-refractivity contribution in [3.63, 3.8) is 0 Å². The molecule has 0 atom stereocenters. The summed E-state index contributed by atoms with van der Waals surface area (Å²) in [5, 5.41) is 4.00. The molecule has 3 nitrogen and oxygen atoms in total. The molecule has 0 aromatic heterocycles. The summed E-state index contributed by atoms with van der Waals surface area (Å²) in [5.74, 6) is 1.57. The molecule has 100 valence electrons. The van der Waals surface area contributed by atoms with Gasteiger partial charge in [0.2, 0.25) is 0 Å². The quantitative estimate of drug-likeness (QED) is 0.857. The maximum atomic E-state index is 6.18. The molecule has 0 saturated carbocycles. The van der Waals surface area contributed by atoms with Crippen molar-refractivity contribution in [2.24, 2.45) is 5.92 Å². The van der Waals surface area contributed by atoms with E-state index in [1.54, 1.807) is 0 Å². The van der Waals surface area contributed by atoms with Gasteiger partial charge < -0.3 is 15.0 Å². The monoisotopic (exact) mass is 268 g/mol. The van der Waals surface area contributed by atoms with Crippen LogP contribution in [0, 0.1) is 5.92 Å². The van der Waals surface area contributed by atoms with Crippen LogP contribution in [0.15, 0.2) is 18.2 Å². The molecule has 18 heavy (non-hydrogen) atoms. The molecule has 0 amide bonds. The largest absolute Gasteiger partial charge is 0.492 e. The Hall–Kier alpha value is -0.770. The third kappa shape index (κ3) is 3.61. The van der Waals surface area contributed by atoms with Crippen molar-refractivity contribution in [3.05, 3.63) is 28.8 Å². The Balaban J connectivity index is 1.89. The van der Waals surface area contributed by atoms with Gasteiger partial charge in [0.15, 0.2) is 0 Å². The molecule has 0 aliphatic carbocycles. The predicted molar refractivity (Wildman–Crippen MR) is 75.3 cm³/mol. The topological polar surface area (TPSA) is 24.5 Å². The number of benzene rings is 1. The lowest BCUT2D eigenvalue weighted by Crippen LogP contribution is -2.47. The summed E-state index contributed by atoms with van der Waals surface area (Å²) in [6, 6.07) is 6.05. The van der Waals surface area contributed by atoms with E-state index in [0.29, 0.717) is 11.6 Å². The molecule has 1 aromatic rings. The van der Waals surface area contributed by atoms with E-state index >= 15 is 0 Å². The number of rotatable bonds is 6. The molecule has 4 heteroatoms. The molecular weight excluding hydrogens is 248 g/mol. The molecule has 0 bridgehead atoms. The summed E-state index contributed by atoms with van der Waals surface area (Å²) in [4.78, 5) is 2.34. The average molecular weight is 269 g/mol. The maximum Gasteiger partial charge on any atom is 0.137 e. The first-order valence-corrected chi connectivity index (χ1v) is 6.87. The van der Waals surface area contributed by atoms with Gasteiger partial charge in [-0.15, -0.1) is 0 Å². The molecule has 1 saturated heterocycles. The molecule has 1 aromatic carbocycles. The van der Waals surface area contributed by atoms with Crippen molar-refractivity contribution in [1.82, 2.24) is 10.2 Å². The molecule has 1 N–H and O–H groups in total. The maximum absolute atomic E-state index is 6.18. The number of nitrogens with one attached hydrogen (secondary N) is 1. The highest BCUT2D eigenvalue weighted by Gasteiger charge is 2.18. The number of hydrogen-bond acceptors (Lipinski definition) is 3. The van der Waals surface area contributed by atoms with Crippen molar-refractivity contribution >= 4 is 11.6 Å². The molecule has 0 unspecified atom stereocenters. The van der Waals surface area contributed by atoms with Gasteiger partial charge >= 0.3 is 0 Å². The number of ether oxygens (including phenoxy) is 1. The Morgan fingerprint density at radius 2 is 2.22 bits per heavy atom. The minimum Gasteiger partial charge on any atom is -0.492 e. The van der Waals surface area contributed by atoms with Crippen molar-refractivity contribution in [1.29, 1.82) is 0 Å². The Morgan fingerprint density at radius 3 is 2.78 bits per heavy atom. The molecule has 1 fully saturated rings. The van der Waals surface area contributed by atoms with Crippen LogP contribution in [0.3, 0.4) is 0 Å². The van der Waals surface area contributed by atoms with E-state index in [0.717, 1.165) is 37.8 Å². The summed E-state index contributed by atoms with van der Waals surface area (Å²) >= 11 is 6.18. The normalized spacial score (nSPS) is 15.8. The summed E-state index contributed by atoms with van der Waals surface area (Å²) < 4.78 is 5.43. The van der Waals surface area contributed by atoms with Gasteiger partial charge in [0, 0.05) is 26.2 Å². The second kappa shape index (κ2) is 6.41. The third-order valence-corrected chi connectivity index (χ3v) is 3.48. The molecule has 0 radical (unpaired) electrons. The third-order valence-electron chi connectivity index (χ3n) is 3.18. The highest BCUT2D eigenvalue weighted by atomic mass is 35.5. The lowest BCUT2D eigenvalue weighted by Gasteiger charge is -2.31. The fourth-order valence-electron chi connectivity index (χ4n) is 2.21. The van der Waals surface area contributed by atoms with Gasteiger partial charge in [-0.3, -0.25) is 0 Å². The van der Waals surface area contributed by atoms with Crippen LogP contribution in [-0.2, 0) is 6.54 Å². The van der Waals surface area contributed by atoms with Crippen LogP contribution in [0.2, 0.25) is 5.02 Å². The molecule has 1 heterocycles. The Labute approximate surface area is 114 Å². The van der Waals surface area contributed by atoms with E-state index in [1.165, 1.54) is 5.56 Å². The number of hydrogen-bond donors (Lipinski definition) is 1. The van der Waals surface area contributed by atoms with Gasteiger partial charge in [-0.05, 0) is 37.6 Å². The van der Waals surface area contributed by atoms with Crippen LogP contribution in [0.4, 0.5) is 0 Å². The van der Waals surface area contributed by atoms with Crippen molar-refractivity contribution in [2.45, 2.75) is 13.5 Å². The average Bonchev–Trinajstić information content (AvgIpc) is 2.28. The smallest absolute Gasteiger partial charge is 0.137 e. The van der Waals surface area contributed by atoms with E-state index in [9.17, 15) is 0 Å². The standard InChI is InChI=1S/C14H21ClN2O/c1-3-18-14-5-4-11(6-13(14)15)9-17(2)10-12-7-16-8-12/h4-6,12,16H,3,7-10H2,1-2H3. The molecule has 1 aliphatic heterocycles. The first kappa shape index (κ1) is 13.7. The van der Waals surface area contributed by atoms with Crippen molar-refractivity contribution in [2.75, 3.05) is 33.3 Å². The predicted octanol–water partition coefficient (Wildman–Crippen LogP) is 2.39. The minimum atomic E-state index is 0.646. The van der Waals surface area contributed by atoms with E-state index in [2.05, 4.69) is 23.3 Å². The lowest BCUT2D eigenvalue weighted by molar-refractivity contribution is 0.218. The molecule has 1 aliphatic rings. The zero-order valence-electron chi connectivity index (χ0n) is 11.1. The SMILES string of the molecule is CCOc1ccc(CN(C)CC2CNC2)cc1Cl. The van der Waals surface area contributed by atoms with Gasteiger partial charge in [0.05, 0.1) is 11.6 Å². The zero-order chi connectivity index (χ0) is 13.0. The van der Waals surface area contributed by atoms with Gasteiger partial charge in [-0.2, -0.15) is 0 Å². The number of halogens is 1. The van der Waals surface area contributed by atoms with Crippen LogP contribution in [0.25, 0.3) is 0 Å². The highest BCUT2D eigenvalue weighted by molar-refractivity contribution is 6.32. The fraction of sp³-hybridized carbons (Fsp3) is 0.571. The van der Waals surface area contributed by atoms with Gasteiger partial charge in [-0.25, -0.2) is 0 Å². The van der Waals surface area contributed by atoms with Crippen LogP contribution < -0.4 is 10.1 Å². The van der Waals surface area contributed by atoms with Gasteiger partial charge in [0.1, 0.15) is 5.75 Å². The first-order valence-electron chi connectivity index (χ1n) is 6.49. The second-order valence-electron chi connectivity index (χ2n) is 4.92. The van der Waals surface area contributed by atoms with Crippen molar-refractivity contribution in [3.8, 4) is 5.75 Å². The molecular formula is C14H21ClN2O. The summed E-state index contributed by atoms with van der Waals surface area (Å²) in [6.45, 7) is 6.97. The summed E-state index contributed by atoms with van der Waals surface area (Å²) in [6.07, 6.45) is 0. The van der Waals surface area contributed by atoms with E-state index in [-0.39, 0.29) is 0 Å². The Bertz CT molecular complexity index is 393.